The van der Waals surface area contributed by atoms with Crippen LogP contribution in [0.1, 0.15) is 19.3 Å². The summed E-state index contributed by atoms with van der Waals surface area (Å²) >= 11 is 5.80. The number of fused-ring (bicyclic) bond motifs is 3. The third-order valence-electron chi connectivity index (χ3n) is 3.08. The SMILES string of the molecule is O=C1C[C@H]2CCCN2c2nc(Cl)ncc2N1. The molecule has 1 aromatic rings. The van der Waals surface area contributed by atoms with Gasteiger partial charge in [0.25, 0.3) is 0 Å². The van der Waals surface area contributed by atoms with Crippen molar-refractivity contribution in [2.45, 2.75) is 25.3 Å². The number of nitrogens with one attached hydrogen (secondary N) is 1. The van der Waals surface area contributed by atoms with E-state index in [4.69, 9.17) is 11.6 Å². The Bertz CT molecular complexity index is 450. The number of carbonyl (C=O) groups excluding carboxylic acids is 1. The second-order valence-corrected chi connectivity index (χ2v) is 4.46. The first-order valence-corrected chi connectivity index (χ1v) is 5.71. The molecule has 6 heteroatoms. The predicted octanol–water partition coefficient (Wildman–Crippen LogP) is 1.44. The topological polar surface area (TPSA) is 58.1 Å². The van der Waals surface area contributed by atoms with Gasteiger partial charge in [-0.1, -0.05) is 0 Å². The van der Waals surface area contributed by atoms with E-state index >= 15 is 0 Å². The summed E-state index contributed by atoms with van der Waals surface area (Å²) in [5.41, 5.74) is 0.666. The third-order valence-corrected chi connectivity index (χ3v) is 3.27. The van der Waals surface area contributed by atoms with Crippen molar-refractivity contribution in [2.75, 3.05) is 16.8 Å². The minimum atomic E-state index is 0.0292. The highest BCUT2D eigenvalue weighted by Crippen LogP contribution is 2.34. The maximum Gasteiger partial charge on any atom is 0.226 e. The van der Waals surface area contributed by atoms with Gasteiger partial charge in [0.1, 0.15) is 5.69 Å². The molecule has 0 aromatic carbocycles. The van der Waals surface area contributed by atoms with Gasteiger partial charge in [0.15, 0.2) is 5.82 Å². The van der Waals surface area contributed by atoms with Crippen LogP contribution in [-0.4, -0.2) is 28.5 Å². The highest BCUT2D eigenvalue weighted by atomic mass is 35.5. The maximum atomic E-state index is 11.6. The average molecular weight is 239 g/mol. The van der Waals surface area contributed by atoms with Crippen LogP contribution in [0.15, 0.2) is 6.20 Å². The van der Waals surface area contributed by atoms with Gasteiger partial charge in [0, 0.05) is 19.0 Å². The molecule has 1 N–H and O–H groups in total. The van der Waals surface area contributed by atoms with Crippen molar-refractivity contribution in [3.63, 3.8) is 0 Å². The van der Waals surface area contributed by atoms with Crippen molar-refractivity contribution >= 4 is 29.0 Å². The molecule has 5 nitrogen and oxygen atoms in total. The predicted molar refractivity (Wildman–Crippen MR) is 60.7 cm³/mol. The fourth-order valence-corrected chi connectivity index (χ4v) is 2.53. The van der Waals surface area contributed by atoms with Gasteiger partial charge < -0.3 is 10.2 Å². The molecule has 1 amide bonds. The second-order valence-electron chi connectivity index (χ2n) is 4.12. The maximum absolute atomic E-state index is 11.6. The molecule has 2 aliphatic heterocycles. The van der Waals surface area contributed by atoms with Gasteiger partial charge in [-0.15, -0.1) is 0 Å². The first-order chi connectivity index (χ1) is 7.74. The summed E-state index contributed by atoms with van der Waals surface area (Å²) in [5.74, 6) is 0.787. The Hall–Kier alpha value is -1.36. The van der Waals surface area contributed by atoms with Crippen LogP contribution in [0.25, 0.3) is 0 Å². The lowest BCUT2D eigenvalue weighted by atomic mass is 10.1. The highest BCUT2D eigenvalue weighted by Gasteiger charge is 2.32. The average Bonchev–Trinajstić information content (AvgIpc) is 2.64. The molecule has 16 heavy (non-hydrogen) atoms. The monoisotopic (exact) mass is 238 g/mol. The molecule has 1 saturated heterocycles. The zero-order valence-corrected chi connectivity index (χ0v) is 9.37. The smallest absolute Gasteiger partial charge is 0.226 e. The zero-order chi connectivity index (χ0) is 11.1. The Kier molecular flexibility index (Phi) is 2.21. The summed E-state index contributed by atoms with van der Waals surface area (Å²) in [5, 5.41) is 3.04. The van der Waals surface area contributed by atoms with Gasteiger partial charge in [-0.05, 0) is 24.4 Å². The Labute approximate surface area is 97.8 Å². The highest BCUT2D eigenvalue weighted by molar-refractivity contribution is 6.28. The summed E-state index contributed by atoms with van der Waals surface area (Å²) in [6.07, 6.45) is 4.23. The van der Waals surface area contributed by atoms with E-state index in [9.17, 15) is 4.79 Å². The Morgan fingerprint density at radius 2 is 2.44 bits per heavy atom. The van der Waals surface area contributed by atoms with Gasteiger partial charge in [0.05, 0.1) is 6.20 Å². The van der Waals surface area contributed by atoms with Gasteiger partial charge in [-0.3, -0.25) is 4.79 Å². The number of carbonyl (C=O) groups is 1. The molecule has 0 spiro atoms. The Balaban J connectivity index is 2.10. The number of anilines is 2. The number of nitrogens with zero attached hydrogens (tertiary/aromatic N) is 3. The quantitative estimate of drug-likeness (QED) is 0.695. The van der Waals surface area contributed by atoms with Gasteiger partial charge in [-0.25, -0.2) is 4.98 Å². The molecule has 3 rings (SSSR count). The summed E-state index contributed by atoms with van der Waals surface area (Å²) < 4.78 is 0. The number of aromatic nitrogens is 2. The summed E-state index contributed by atoms with van der Waals surface area (Å²) in [6.45, 7) is 0.931. The van der Waals surface area contributed by atoms with Gasteiger partial charge in [-0.2, -0.15) is 4.98 Å². The number of halogens is 1. The molecule has 0 radical (unpaired) electrons. The molecule has 0 aliphatic carbocycles. The van der Waals surface area contributed by atoms with Crippen molar-refractivity contribution in [1.29, 1.82) is 0 Å². The van der Waals surface area contributed by atoms with Gasteiger partial charge in [0.2, 0.25) is 11.2 Å². The fourth-order valence-electron chi connectivity index (χ4n) is 2.40. The molecule has 0 unspecified atom stereocenters. The van der Waals surface area contributed by atoms with Crippen molar-refractivity contribution in [3.05, 3.63) is 11.5 Å². The standard InChI is InChI=1S/C10H11ClN4O/c11-10-12-5-7-9(14-10)15-3-1-2-6(15)4-8(16)13-7/h5-6H,1-4H2,(H,13,16)/t6-/m1/s1. The lowest BCUT2D eigenvalue weighted by Crippen LogP contribution is -2.30. The van der Waals surface area contributed by atoms with Crippen molar-refractivity contribution in [2.24, 2.45) is 0 Å². The van der Waals surface area contributed by atoms with Crippen molar-refractivity contribution in [3.8, 4) is 0 Å². The second kappa shape index (κ2) is 3.59. The summed E-state index contributed by atoms with van der Waals surface area (Å²) in [6, 6.07) is 0.257. The van der Waals surface area contributed by atoms with E-state index in [1.165, 1.54) is 0 Å². The first-order valence-electron chi connectivity index (χ1n) is 5.33. The number of hydrogen-bond donors (Lipinski definition) is 1. The van der Waals surface area contributed by atoms with E-state index in [0.29, 0.717) is 12.1 Å². The van der Waals surface area contributed by atoms with Crippen LogP contribution in [0.2, 0.25) is 5.28 Å². The lowest BCUT2D eigenvalue weighted by molar-refractivity contribution is -0.116. The van der Waals surface area contributed by atoms with Crippen molar-refractivity contribution in [1.82, 2.24) is 9.97 Å². The molecule has 1 atom stereocenters. The van der Waals surface area contributed by atoms with Crippen LogP contribution in [0.5, 0.6) is 0 Å². The number of rotatable bonds is 0. The summed E-state index contributed by atoms with van der Waals surface area (Å²) in [7, 11) is 0. The molecule has 1 aromatic heterocycles. The molecule has 2 aliphatic rings. The molecular weight excluding hydrogens is 228 g/mol. The fraction of sp³-hybridized carbons (Fsp3) is 0.500. The van der Waals surface area contributed by atoms with E-state index in [1.807, 2.05) is 0 Å². The Morgan fingerprint density at radius 1 is 1.56 bits per heavy atom. The van der Waals surface area contributed by atoms with Crippen LogP contribution in [0, 0.1) is 0 Å². The van der Waals surface area contributed by atoms with E-state index in [2.05, 4.69) is 20.2 Å². The third kappa shape index (κ3) is 1.51. The molecule has 84 valence electrons. The molecular formula is C10H11ClN4O. The first kappa shape index (κ1) is 9.84. The largest absolute Gasteiger partial charge is 0.351 e. The van der Waals surface area contributed by atoms with Crippen LogP contribution in [0.3, 0.4) is 0 Å². The lowest BCUT2D eigenvalue weighted by Gasteiger charge is -2.23. The van der Waals surface area contributed by atoms with Crippen LogP contribution >= 0.6 is 11.6 Å². The van der Waals surface area contributed by atoms with Crippen LogP contribution < -0.4 is 10.2 Å². The summed E-state index contributed by atoms with van der Waals surface area (Å²) in [4.78, 5) is 21.9. The molecule has 0 bridgehead atoms. The van der Waals surface area contributed by atoms with E-state index < -0.39 is 0 Å². The minimum absolute atomic E-state index is 0.0292. The van der Waals surface area contributed by atoms with Crippen molar-refractivity contribution < 1.29 is 4.79 Å². The van der Waals surface area contributed by atoms with Crippen LogP contribution in [-0.2, 0) is 4.79 Å². The number of amides is 1. The Morgan fingerprint density at radius 3 is 3.31 bits per heavy atom. The van der Waals surface area contributed by atoms with E-state index in [0.717, 1.165) is 25.2 Å². The minimum Gasteiger partial charge on any atom is -0.351 e. The molecule has 0 saturated carbocycles. The normalized spacial score (nSPS) is 23.4. The number of hydrogen-bond acceptors (Lipinski definition) is 4. The molecule has 1 fully saturated rings. The van der Waals surface area contributed by atoms with E-state index in [1.54, 1.807) is 6.20 Å². The van der Waals surface area contributed by atoms with E-state index in [-0.39, 0.29) is 17.2 Å². The molecule has 3 heterocycles. The zero-order valence-electron chi connectivity index (χ0n) is 8.61. The van der Waals surface area contributed by atoms with Crippen LogP contribution in [0.4, 0.5) is 11.5 Å². The van der Waals surface area contributed by atoms with Gasteiger partial charge >= 0.3 is 0 Å².